The molecule has 2 N–H and O–H groups in total. The van der Waals surface area contributed by atoms with Gasteiger partial charge < -0.3 is 19.8 Å². The first-order valence-electron chi connectivity index (χ1n) is 10.7. The van der Waals surface area contributed by atoms with Crippen LogP contribution in [0.4, 0.5) is 0 Å². The fourth-order valence-corrected chi connectivity index (χ4v) is 4.53. The molecule has 6 heteroatoms. The number of fused-ring (bicyclic) bond motifs is 1. The standard InChI is InChI=1S/C25H27NO5/c1-31-14-4-13-26-22(17-9-11-20(27)12-10-17)21(24(29)25(26)30)23(28)19-8-7-16-5-2-3-6-18(16)15-19/h7-12,15,22,27-28H,2-6,13-14H2,1H3/b23-21-. The third-order valence-corrected chi connectivity index (χ3v) is 6.12. The number of phenolic OH excluding ortho intramolecular Hbond substituents is 1. The van der Waals surface area contributed by atoms with Crippen LogP contribution in [0.15, 0.2) is 48.0 Å². The highest BCUT2D eigenvalue weighted by Crippen LogP contribution is 2.40. The smallest absolute Gasteiger partial charge is 0.295 e. The van der Waals surface area contributed by atoms with Crippen LogP contribution in [-0.4, -0.2) is 47.1 Å². The maximum atomic E-state index is 13.0. The summed E-state index contributed by atoms with van der Waals surface area (Å²) in [6, 6.07) is 11.4. The number of likely N-dealkylation sites (tertiary alicyclic amines) is 1. The average molecular weight is 421 g/mol. The van der Waals surface area contributed by atoms with Gasteiger partial charge in [-0.1, -0.05) is 24.3 Å². The Hall–Kier alpha value is -3.12. The topological polar surface area (TPSA) is 87.1 Å². The lowest BCUT2D eigenvalue weighted by Crippen LogP contribution is -2.31. The Balaban J connectivity index is 1.79. The maximum absolute atomic E-state index is 13.0. The molecule has 2 aliphatic rings. The van der Waals surface area contributed by atoms with E-state index in [-0.39, 0.29) is 17.1 Å². The van der Waals surface area contributed by atoms with Crippen molar-refractivity contribution in [2.75, 3.05) is 20.3 Å². The second kappa shape index (κ2) is 8.94. The first kappa shape index (κ1) is 21.1. The second-order valence-corrected chi connectivity index (χ2v) is 8.12. The predicted molar refractivity (Wildman–Crippen MR) is 117 cm³/mol. The highest BCUT2D eigenvalue weighted by atomic mass is 16.5. The molecule has 0 radical (unpaired) electrons. The summed E-state index contributed by atoms with van der Waals surface area (Å²) >= 11 is 0. The molecule has 1 aliphatic carbocycles. The van der Waals surface area contributed by atoms with Gasteiger partial charge in [0.25, 0.3) is 11.7 Å². The van der Waals surface area contributed by atoms with Crippen LogP contribution in [0.25, 0.3) is 5.76 Å². The van der Waals surface area contributed by atoms with E-state index in [1.165, 1.54) is 28.2 Å². The molecule has 0 aromatic heterocycles. The van der Waals surface area contributed by atoms with Crippen molar-refractivity contribution in [3.8, 4) is 5.75 Å². The number of methoxy groups -OCH3 is 1. The lowest BCUT2D eigenvalue weighted by Gasteiger charge is -2.25. The highest BCUT2D eigenvalue weighted by molar-refractivity contribution is 6.46. The van der Waals surface area contributed by atoms with Crippen molar-refractivity contribution in [1.82, 2.24) is 4.90 Å². The van der Waals surface area contributed by atoms with Gasteiger partial charge in [-0.25, -0.2) is 0 Å². The molecule has 4 rings (SSSR count). The van der Waals surface area contributed by atoms with Crippen LogP contribution in [0.3, 0.4) is 0 Å². The Morgan fingerprint density at radius 3 is 2.48 bits per heavy atom. The molecular formula is C25H27NO5. The van der Waals surface area contributed by atoms with E-state index in [2.05, 4.69) is 0 Å². The van der Waals surface area contributed by atoms with Gasteiger partial charge in [-0.05, 0) is 67.0 Å². The summed E-state index contributed by atoms with van der Waals surface area (Å²) in [4.78, 5) is 27.4. The molecule has 0 spiro atoms. The number of phenols is 1. The van der Waals surface area contributed by atoms with Crippen molar-refractivity contribution < 1.29 is 24.5 Å². The molecule has 0 saturated carbocycles. The molecule has 1 aliphatic heterocycles. The molecule has 6 nitrogen and oxygen atoms in total. The van der Waals surface area contributed by atoms with E-state index in [1.54, 1.807) is 19.2 Å². The molecule has 162 valence electrons. The first-order chi connectivity index (χ1) is 15.0. The number of nitrogens with zero attached hydrogens (tertiary/aromatic N) is 1. The van der Waals surface area contributed by atoms with Gasteiger partial charge in [0.1, 0.15) is 11.5 Å². The number of hydrogen-bond donors (Lipinski definition) is 2. The number of amides is 1. The first-order valence-corrected chi connectivity index (χ1v) is 10.7. The number of carbonyl (C=O) groups excluding carboxylic acids is 2. The van der Waals surface area contributed by atoms with Crippen molar-refractivity contribution >= 4 is 17.4 Å². The minimum atomic E-state index is -0.714. The summed E-state index contributed by atoms with van der Waals surface area (Å²) in [6.07, 6.45) is 4.80. The van der Waals surface area contributed by atoms with Crippen molar-refractivity contribution in [3.05, 3.63) is 70.3 Å². The number of carbonyl (C=O) groups is 2. The Morgan fingerprint density at radius 2 is 1.77 bits per heavy atom. The number of aliphatic hydroxyl groups is 1. The van der Waals surface area contributed by atoms with Crippen molar-refractivity contribution in [3.63, 3.8) is 0 Å². The number of hydrogen-bond acceptors (Lipinski definition) is 5. The normalized spacial score (nSPS) is 20.2. The summed E-state index contributed by atoms with van der Waals surface area (Å²) in [7, 11) is 1.58. The van der Waals surface area contributed by atoms with Crippen LogP contribution in [0.5, 0.6) is 5.75 Å². The van der Waals surface area contributed by atoms with Crippen LogP contribution >= 0.6 is 0 Å². The molecule has 1 atom stereocenters. The largest absolute Gasteiger partial charge is 0.508 e. The molecule has 31 heavy (non-hydrogen) atoms. The quantitative estimate of drug-likeness (QED) is 0.321. The van der Waals surface area contributed by atoms with E-state index < -0.39 is 17.7 Å². The fourth-order valence-electron chi connectivity index (χ4n) is 4.53. The van der Waals surface area contributed by atoms with Gasteiger partial charge in [-0.15, -0.1) is 0 Å². The number of Topliss-reactive ketones (excluding diaryl/α,β-unsaturated/α-hetero) is 1. The van der Waals surface area contributed by atoms with Crippen molar-refractivity contribution in [2.45, 2.75) is 38.1 Å². The third-order valence-electron chi connectivity index (χ3n) is 6.12. The Morgan fingerprint density at radius 1 is 1.06 bits per heavy atom. The molecular weight excluding hydrogens is 394 g/mol. The molecule has 1 fully saturated rings. The van der Waals surface area contributed by atoms with Crippen molar-refractivity contribution in [1.29, 1.82) is 0 Å². The summed E-state index contributed by atoms with van der Waals surface area (Å²) in [5, 5.41) is 20.9. The number of aromatic hydroxyl groups is 1. The third kappa shape index (κ3) is 4.08. The maximum Gasteiger partial charge on any atom is 0.295 e. The molecule has 0 bridgehead atoms. The van der Waals surface area contributed by atoms with Crippen LogP contribution in [-0.2, 0) is 27.2 Å². The van der Waals surface area contributed by atoms with Gasteiger partial charge in [0.2, 0.25) is 0 Å². The highest BCUT2D eigenvalue weighted by Gasteiger charge is 2.45. The Bertz CT molecular complexity index is 1020. The van der Waals surface area contributed by atoms with Gasteiger partial charge in [0.05, 0.1) is 11.6 Å². The van der Waals surface area contributed by atoms with E-state index in [9.17, 15) is 19.8 Å². The zero-order chi connectivity index (χ0) is 22.0. The molecule has 2 aromatic rings. The summed E-state index contributed by atoms with van der Waals surface area (Å²) in [5.41, 5.74) is 3.76. The van der Waals surface area contributed by atoms with Gasteiger partial charge in [-0.2, -0.15) is 0 Å². The van der Waals surface area contributed by atoms with Crippen LogP contribution in [0, 0.1) is 0 Å². The second-order valence-electron chi connectivity index (χ2n) is 8.12. The zero-order valence-electron chi connectivity index (χ0n) is 17.6. The number of benzene rings is 2. The molecule has 2 aromatic carbocycles. The minimum absolute atomic E-state index is 0.0869. The summed E-state index contributed by atoms with van der Waals surface area (Å²) in [5.74, 6) is -1.38. The monoisotopic (exact) mass is 421 g/mol. The molecule has 1 unspecified atom stereocenters. The average Bonchev–Trinajstić information content (AvgIpc) is 3.04. The number of ether oxygens (including phenoxy) is 1. The lowest BCUT2D eigenvalue weighted by atomic mass is 9.88. The fraction of sp³-hybridized carbons (Fsp3) is 0.360. The van der Waals surface area contributed by atoms with Gasteiger partial charge in [0.15, 0.2) is 0 Å². The summed E-state index contributed by atoms with van der Waals surface area (Å²) < 4.78 is 5.10. The summed E-state index contributed by atoms with van der Waals surface area (Å²) in [6.45, 7) is 0.779. The molecule has 1 saturated heterocycles. The van der Waals surface area contributed by atoms with Crippen LogP contribution < -0.4 is 0 Å². The van der Waals surface area contributed by atoms with Gasteiger partial charge in [-0.3, -0.25) is 9.59 Å². The molecule has 1 amide bonds. The Labute approximate surface area is 181 Å². The van der Waals surface area contributed by atoms with E-state index in [4.69, 9.17) is 4.74 Å². The number of aliphatic hydroxyl groups excluding tert-OH is 1. The van der Waals surface area contributed by atoms with E-state index in [0.717, 1.165) is 25.7 Å². The number of rotatable bonds is 6. The SMILES string of the molecule is COCCCN1C(=O)C(=O)/C(=C(\O)c2ccc3c(c2)CCCC3)C1c1ccc(O)cc1. The van der Waals surface area contributed by atoms with Crippen LogP contribution in [0.1, 0.15) is 47.6 Å². The minimum Gasteiger partial charge on any atom is -0.508 e. The van der Waals surface area contributed by atoms with Gasteiger partial charge >= 0.3 is 0 Å². The van der Waals surface area contributed by atoms with Crippen molar-refractivity contribution in [2.24, 2.45) is 0 Å². The van der Waals surface area contributed by atoms with E-state index >= 15 is 0 Å². The van der Waals surface area contributed by atoms with E-state index in [1.807, 2.05) is 18.2 Å². The number of aryl methyl sites for hydroxylation is 2. The number of ketones is 1. The Kier molecular flexibility index (Phi) is 6.09. The predicted octanol–water partition coefficient (Wildman–Crippen LogP) is 3.73. The molecule has 1 heterocycles. The van der Waals surface area contributed by atoms with Gasteiger partial charge in [0, 0.05) is 25.8 Å². The van der Waals surface area contributed by atoms with E-state index in [0.29, 0.717) is 30.7 Å². The van der Waals surface area contributed by atoms with Crippen LogP contribution in [0.2, 0.25) is 0 Å². The lowest BCUT2D eigenvalue weighted by molar-refractivity contribution is -0.140. The zero-order valence-corrected chi connectivity index (χ0v) is 17.6.